The number of aryl methyl sites for hydroxylation is 1. The molecule has 2 amide bonds. The molecule has 0 aliphatic rings. The topological polar surface area (TPSA) is 102 Å². The van der Waals surface area contributed by atoms with Crippen molar-refractivity contribution in [2.75, 3.05) is 11.9 Å². The number of carbonyl (C=O) groups excluding carboxylic acids is 1. The summed E-state index contributed by atoms with van der Waals surface area (Å²) in [5, 5.41) is 22.7. The summed E-state index contributed by atoms with van der Waals surface area (Å²) in [6, 6.07) is 6.87. The Morgan fingerprint density at radius 3 is 2.75 bits per heavy atom. The average molecular weight is 275 g/mol. The normalized spacial score (nSPS) is 9.60. The Labute approximate surface area is 117 Å². The Morgan fingerprint density at radius 2 is 2.10 bits per heavy atom. The van der Waals surface area contributed by atoms with E-state index in [1.54, 1.807) is 25.1 Å². The molecule has 0 spiro atoms. The highest BCUT2D eigenvalue weighted by Gasteiger charge is 2.08. The van der Waals surface area contributed by atoms with Crippen LogP contribution in [0.3, 0.4) is 0 Å². The van der Waals surface area contributed by atoms with Crippen molar-refractivity contribution in [3.8, 4) is 6.07 Å². The van der Waals surface area contributed by atoms with E-state index in [4.69, 9.17) is 10.4 Å². The molecule has 0 fully saturated rings. The summed E-state index contributed by atoms with van der Waals surface area (Å²) in [5.74, 6) is -0.840. The zero-order valence-electron chi connectivity index (χ0n) is 11.3. The summed E-state index contributed by atoms with van der Waals surface area (Å²) in [5.41, 5.74) is 1.70. The van der Waals surface area contributed by atoms with Crippen molar-refractivity contribution in [2.45, 2.75) is 26.2 Å². The quantitative estimate of drug-likeness (QED) is 0.693. The first-order chi connectivity index (χ1) is 9.54. The summed E-state index contributed by atoms with van der Waals surface area (Å²) >= 11 is 0. The van der Waals surface area contributed by atoms with E-state index in [-0.39, 0.29) is 6.42 Å². The van der Waals surface area contributed by atoms with Gasteiger partial charge in [0.25, 0.3) is 0 Å². The number of carboxylic acid groups (broad SMARTS) is 1. The van der Waals surface area contributed by atoms with E-state index in [1.807, 2.05) is 0 Å². The number of anilines is 1. The second kappa shape index (κ2) is 7.79. The minimum atomic E-state index is -0.840. The number of nitriles is 1. The van der Waals surface area contributed by atoms with E-state index in [1.165, 1.54) is 0 Å². The highest BCUT2D eigenvalue weighted by Crippen LogP contribution is 2.17. The third kappa shape index (κ3) is 4.98. The van der Waals surface area contributed by atoms with Gasteiger partial charge in [-0.15, -0.1) is 0 Å². The first-order valence-electron chi connectivity index (χ1n) is 6.31. The number of urea groups is 1. The Bertz CT molecular complexity index is 535. The van der Waals surface area contributed by atoms with Crippen molar-refractivity contribution in [3.05, 3.63) is 29.3 Å². The molecule has 0 unspecified atom stereocenters. The van der Waals surface area contributed by atoms with Gasteiger partial charge >= 0.3 is 12.0 Å². The standard InChI is InChI=1S/C14H17N3O3/c1-10-5-4-6-12(11(10)9-15)17-14(20)16-8-3-2-7-13(18)19/h4-6H,2-3,7-8H2,1H3,(H,18,19)(H2,16,17,20). The number of hydrogen-bond donors (Lipinski definition) is 3. The van der Waals surface area contributed by atoms with Crippen LogP contribution in [0.15, 0.2) is 18.2 Å². The molecule has 0 heterocycles. The first kappa shape index (κ1) is 15.5. The van der Waals surface area contributed by atoms with Gasteiger partial charge in [-0.2, -0.15) is 5.26 Å². The van der Waals surface area contributed by atoms with Gasteiger partial charge in [0.2, 0.25) is 0 Å². The predicted octanol–water partition coefficient (Wildman–Crippen LogP) is 2.24. The number of unbranched alkanes of at least 4 members (excludes halogenated alkanes) is 1. The van der Waals surface area contributed by atoms with Crippen LogP contribution in [0.5, 0.6) is 0 Å². The molecule has 6 nitrogen and oxygen atoms in total. The maximum Gasteiger partial charge on any atom is 0.319 e. The summed E-state index contributed by atoms with van der Waals surface area (Å²) in [7, 11) is 0. The molecule has 0 saturated carbocycles. The minimum Gasteiger partial charge on any atom is -0.481 e. The van der Waals surface area contributed by atoms with Crippen molar-refractivity contribution in [1.82, 2.24) is 5.32 Å². The fourth-order valence-corrected chi connectivity index (χ4v) is 1.69. The number of rotatable bonds is 6. The molecular formula is C14H17N3O3. The maximum absolute atomic E-state index is 11.6. The van der Waals surface area contributed by atoms with Crippen LogP contribution in [0.4, 0.5) is 10.5 Å². The third-order valence-electron chi connectivity index (χ3n) is 2.74. The van der Waals surface area contributed by atoms with Crippen LogP contribution in [0.25, 0.3) is 0 Å². The number of nitrogens with one attached hydrogen (secondary N) is 2. The summed E-state index contributed by atoms with van der Waals surface area (Å²) in [4.78, 5) is 22.0. The van der Waals surface area contributed by atoms with Crippen LogP contribution in [0.1, 0.15) is 30.4 Å². The lowest BCUT2D eigenvalue weighted by Gasteiger charge is -2.09. The van der Waals surface area contributed by atoms with Gasteiger partial charge in [-0.05, 0) is 31.4 Å². The van der Waals surface area contributed by atoms with Gasteiger partial charge < -0.3 is 15.7 Å². The van der Waals surface area contributed by atoms with Crippen molar-refractivity contribution in [3.63, 3.8) is 0 Å². The highest BCUT2D eigenvalue weighted by atomic mass is 16.4. The second-order valence-electron chi connectivity index (χ2n) is 4.34. The summed E-state index contributed by atoms with van der Waals surface area (Å²) in [6.07, 6.45) is 1.21. The molecule has 0 radical (unpaired) electrons. The number of hydrogen-bond acceptors (Lipinski definition) is 3. The number of carbonyl (C=O) groups is 2. The van der Waals surface area contributed by atoms with Crippen LogP contribution in [-0.4, -0.2) is 23.7 Å². The van der Waals surface area contributed by atoms with Crippen LogP contribution in [0, 0.1) is 18.3 Å². The van der Waals surface area contributed by atoms with Crippen molar-refractivity contribution in [2.24, 2.45) is 0 Å². The largest absolute Gasteiger partial charge is 0.481 e. The van der Waals surface area contributed by atoms with Crippen LogP contribution in [-0.2, 0) is 4.79 Å². The number of carboxylic acids is 1. The molecule has 6 heteroatoms. The molecule has 0 bridgehead atoms. The predicted molar refractivity (Wildman–Crippen MR) is 74.4 cm³/mol. The molecule has 0 aliphatic heterocycles. The summed E-state index contributed by atoms with van der Waals surface area (Å²) in [6.45, 7) is 2.19. The van der Waals surface area contributed by atoms with Gasteiger partial charge in [0.15, 0.2) is 0 Å². The Hall–Kier alpha value is -2.55. The zero-order chi connectivity index (χ0) is 15.0. The van der Waals surface area contributed by atoms with Crippen molar-refractivity contribution in [1.29, 1.82) is 5.26 Å². The zero-order valence-corrected chi connectivity index (χ0v) is 11.3. The lowest BCUT2D eigenvalue weighted by molar-refractivity contribution is -0.137. The molecule has 106 valence electrons. The Morgan fingerprint density at radius 1 is 1.35 bits per heavy atom. The number of amides is 2. The van der Waals surface area contributed by atoms with Gasteiger partial charge in [0.1, 0.15) is 6.07 Å². The molecular weight excluding hydrogens is 258 g/mol. The second-order valence-corrected chi connectivity index (χ2v) is 4.34. The van der Waals surface area contributed by atoms with Gasteiger partial charge in [-0.25, -0.2) is 4.79 Å². The van der Waals surface area contributed by atoms with E-state index in [0.717, 1.165) is 5.56 Å². The smallest absolute Gasteiger partial charge is 0.319 e. The fourth-order valence-electron chi connectivity index (χ4n) is 1.69. The molecule has 1 rings (SSSR count). The number of nitrogens with zero attached hydrogens (tertiary/aromatic N) is 1. The van der Waals surface area contributed by atoms with Crippen molar-refractivity contribution < 1.29 is 14.7 Å². The van der Waals surface area contributed by atoms with E-state index >= 15 is 0 Å². The Balaban J connectivity index is 2.42. The minimum absolute atomic E-state index is 0.0970. The van der Waals surface area contributed by atoms with Gasteiger partial charge in [-0.1, -0.05) is 12.1 Å². The molecule has 0 atom stereocenters. The van der Waals surface area contributed by atoms with Crippen LogP contribution < -0.4 is 10.6 Å². The molecule has 0 aromatic heterocycles. The number of aliphatic carboxylic acids is 1. The van der Waals surface area contributed by atoms with E-state index in [2.05, 4.69) is 16.7 Å². The van der Waals surface area contributed by atoms with Gasteiger partial charge in [0.05, 0.1) is 11.3 Å². The SMILES string of the molecule is Cc1cccc(NC(=O)NCCCCC(=O)O)c1C#N. The maximum atomic E-state index is 11.6. The van der Waals surface area contributed by atoms with Crippen molar-refractivity contribution >= 4 is 17.7 Å². The fraction of sp³-hybridized carbons (Fsp3) is 0.357. The Kier molecular flexibility index (Phi) is 6.04. The monoisotopic (exact) mass is 275 g/mol. The number of benzene rings is 1. The first-order valence-corrected chi connectivity index (χ1v) is 6.31. The van der Waals surface area contributed by atoms with Gasteiger partial charge in [-0.3, -0.25) is 4.79 Å². The molecule has 0 saturated heterocycles. The molecule has 20 heavy (non-hydrogen) atoms. The molecule has 1 aromatic rings. The van der Waals surface area contributed by atoms with Gasteiger partial charge in [0, 0.05) is 13.0 Å². The van der Waals surface area contributed by atoms with E-state index < -0.39 is 12.0 Å². The molecule has 1 aromatic carbocycles. The average Bonchev–Trinajstić information content (AvgIpc) is 2.38. The lowest BCUT2D eigenvalue weighted by atomic mass is 10.1. The third-order valence-corrected chi connectivity index (χ3v) is 2.74. The lowest BCUT2D eigenvalue weighted by Crippen LogP contribution is -2.29. The van der Waals surface area contributed by atoms with Crippen LogP contribution >= 0.6 is 0 Å². The molecule has 0 aliphatic carbocycles. The van der Waals surface area contributed by atoms with Crippen LogP contribution in [0.2, 0.25) is 0 Å². The molecule has 3 N–H and O–H groups in total. The van der Waals surface area contributed by atoms with E-state index in [0.29, 0.717) is 30.6 Å². The summed E-state index contributed by atoms with van der Waals surface area (Å²) < 4.78 is 0. The highest BCUT2D eigenvalue weighted by molar-refractivity contribution is 5.91. The van der Waals surface area contributed by atoms with E-state index in [9.17, 15) is 9.59 Å².